The van der Waals surface area contributed by atoms with Gasteiger partial charge in [0.2, 0.25) is 12.2 Å². The Labute approximate surface area is 220 Å². The maximum absolute atomic E-state index is 13.8. The molecule has 0 aromatic heterocycles. The highest BCUT2D eigenvalue weighted by molar-refractivity contribution is 6.38. The summed E-state index contributed by atoms with van der Waals surface area (Å²) in [6, 6.07) is 2.53. The zero-order chi connectivity index (χ0) is 27.9. The van der Waals surface area contributed by atoms with Crippen LogP contribution in [0.25, 0.3) is 43.1 Å². The summed E-state index contributed by atoms with van der Waals surface area (Å²) < 4.78 is 22.8. The molecular weight excluding hydrogens is 508 g/mol. The monoisotopic (exact) mass is 534 g/mol. The van der Waals surface area contributed by atoms with Crippen molar-refractivity contribution in [2.24, 2.45) is 0 Å². The Morgan fingerprint density at radius 1 is 0.795 bits per heavy atom. The largest absolute Gasteiger partial charge is 0.504 e. The highest BCUT2D eigenvalue weighted by Gasteiger charge is 2.33. The molecule has 1 heterocycles. The molecule has 0 bridgehead atoms. The second-order valence-corrected chi connectivity index (χ2v) is 9.98. The van der Waals surface area contributed by atoms with Gasteiger partial charge in [0.25, 0.3) is 0 Å². The fourth-order valence-corrected chi connectivity index (χ4v) is 6.12. The fourth-order valence-electron chi connectivity index (χ4n) is 6.12. The molecule has 0 saturated heterocycles. The summed E-state index contributed by atoms with van der Waals surface area (Å²) in [7, 11) is 2.69. The number of methoxy groups -OCH3 is 2. The first kappa shape index (κ1) is 25.0. The van der Waals surface area contributed by atoms with Gasteiger partial charge in [0, 0.05) is 57.0 Å². The molecule has 2 atom stereocenters. The Bertz CT molecular complexity index is 1930. The second-order valence-electron chi connectivity index (χ2n) is 9.98. The molecule has 5 aromatic carbocycles. The van der Waals surface area contributed by atoms with Gasteiger partial charge in [-0.3, -0.25) is 9.59 Å². The third-order valence-electron chi connectivity index (χ3n) is 7.39. The Kier molecular flexibility index (Phi) is 5.53. The first-order valence-electron chi connectivity index (χ1n) is 12.4. The van der Waals surface area contributed by atoms with E-state index < -0.39 is 28.8 Å². The van der Waals surface area contributed by atoms with E-state index in [1.807, 2.05) is 0 Å². The maximum Gasteiger partial charge on any atom is 0.231 e. The first-order valence-corrected chi connectivity index (χ1v) is 12.4. The van der Waals surface area contributed by atoms with Crippen molar-refractivity contribution in [1.82, 2.24) is 0 Å². The zero-order valence-electron chi connectivity index (χ0n) is 21.7. The smallest absolute Gasteiger partial charge is 0.231 e. The number of hydrogen-bond acceptors (Lipinski definition) is 10. The van der Waals surface area contributed by atoms with E-state index in [9.17, 15) is 30.0 Å². The lowest BCUT2D eigenvalue weighted by Crippen LogP contribution is -2.16. The van der Waals surface area contributed by atoms with E-state index in [1.165, 1.54) is 26.4 Å². The first-order chi connectivity index (χ1) is 18.6. The van der Waals surface area contributed by atoms with Crippen LogP contribution in [0.4, 0.5) is 0 Å². The van der Waals surface area contributed by atoms with Crippen molar-refractivity contribution in [2.45, 2.75) is 38.9 Å². The molecule has 10 nitrogen and oxygen atoms in total. The number of benzene rings is 5. The summed E-state index contributed by atoms with van der Waals surface area (Å²) in [4.78, 5) is 27.2. The van der Waals surface area contributed by atoms with Gasteiger partial charge >= 0.3 is 0 Å². The molecule has 39 heavy (non-hydrogen) atoms. The summed E-state index contributed by atoms with van der Waals surface area (Å²) in [6.07, 6.45) is -1.74. The third-order valence-corrected chi connectivity index (χ3v) is 7.39. The molecule has 1 aliphatic rings. The van der Waals surface area contributed by atoms with Gasteiger partial charge in [0.15, 0.2) is 34.2 Å². The van der Waals surface area contributed by atoms with E-state index in [0.717, 1.165) is 0 Å². The molecule has 4 N–H and O–H groups in total. The fraction of sp³-hybridized carbons (Fsp3) is 0.310. The molecule has 0 unspecified atom stereocenters. The van der Waals surface area contributed by atoms with E-state index in [2.05, 4.69) is 0 Å². The van der Waals surface area contributed by atoms with Gasteiger partial charge in [-0.15, -0.1) is 0 Å². The van der Waals surface area contributed by atoms with Gasteiger partial charge in [0.05, 0.1) is 31.8 Å². The third kappa shape index (κ3) is 3.28. The molecule has 0 fully saturated rings. The van der Waals surface area contributed by atoms with Crippen LogP contribution in [0.2, 0.25) is 0 Å². The number of aliphatic hydroxyl groups excluding tert-OH is 2. The highest BCUT2D eigenvalue weighted by atomic mass is 16.7. The molecule has 0 aliphatic carbocycles. The Morgan fingerprint density at radius 2 is 1.41 bits per heavy atom. The number of aromatic hydroxyl groups is 2. The molecule has 0 radical (unpaired) electrons. The van der Waals surface area contributed by atoms with Crippen LogP contribution < -0.4 is 29.8 Å². The number of rotatable bonds is 6. The SMILES string of the molecule is COc1c(O)c2c(=O)cc3c4c5c(c(O)cc6c(=O)c(OC)c(C[C@H](C)O)c(c(c1C[C@H](C)O)c24)c65)OCO3. The topological polar surface area (TPSA) is 152 Å². The van der Waals surface area contributed by atoms with Gasteiger partial charge in [-0.05, 0) is 30.7 Å². The number of hydrogen-bond donors (Lipinski definition) is 4. The molecule has 0 saturated carbocycles. The molecule has 6 rings (SSSR count). The lowest BCUT2D eigenvalue weighted by molar-refractivity contribution is 0.122. The summed E-state index contributed by atoms with van der Waals surface area (Å²) in [6.45, 7) is 2.83. The molecule has 5 aromatic rings. The van der Waals surface area contributed by atoms with Crippen molar-refractivity contribution in [3.8, 4) is 34.5 Å². The quantitative estimate of drug-likeness (QED) is 0.189. The second kappa shape index (κ2) is 8.62. The zero-order valence-corrected chi connectivity index (χ0v) is 21.7. The van der Waals surface area contributed by atoms with Crippen LogP contribution in [0.15, 0.2) is 21.7 Å². The number of phenolic OH excluding ortho intramolecular Hbond substituents is 2. The van der Waals surface area contributed by atoms with Gasteiger partial charge in [-0.1, -0.05) is 0 Å². The van der Waals surface area contributed by atoms with E-state index in [1.54, 1.807) is 13.8 Å². The van der Waals surface area contributed by atoms with Crippen molar-refractivity contribution in [3.05, 3.63) is 43.7 Å². The van der Waals surface area contributed by atoms with Crippen LogP contribution in [0.1, 0.15) is 25.0 Å². The van der Waals surface area contributed by atoms with E-state index in [0.29, 0.717) is 43.4 Å². The summed E-state index contributed by atoms with van der Waals surface area (Å²) in [5, 5.41) is 45.7. The molecule has 0 spiro atoms. The van der Waals surface area contributed by atoms with E-state index in [-0.39, 0.29) is 59.2 Å². The lowest BCUT2D eigenvalue weighted by Gasteiger charge is -2.24. The molecular formula is C29H26O10. The Balaban J connectivity index is 2.12. The molecule has 1 aliphatic heterocycles. The molecule has 0 amide bonds. The van der Waals surface area contributed by atoms with Crippen molar-refractivity contribution >= 4 is 43.1 Å². The van der Waals surface area contributed by atoms with Crippen LogP contribution in [0.5, 0.6) is 34.5 Å². The average molecular weight is 535 g/mol. The minimum Gasteiger partial charge on any atom is -0.504 e. The minimum atomic E-state index is -0.889. The van der Waals surface area contributed by atoms with Crippen LogP contribution in [-0.2, 0) is 12.8 Å². The van der Waals surface area contributed by atoms with Gasteiger partial charge in [-0.25, -0.2) is 0 Å². The van der Waals surface area contributed by atoms with Crippen molar-refractivity contribution in [2.75, 3.05) is 21.0 Å². The van der Waals surface area contributed by atoms with Crippen molar-refractivity contribution in [1.29, 1.82) is 0 Å². The normalized spacial score (nSPS) is 14.6. The standard InChI is InChI=1S/C29H26O10/c1-10(30)5-13-19-18-12(25(34)27(13)36-3)7-16(33)29-24(18)22-17(38-9-39-29)8-15(32)21-23(22)20(19)14(6-11(2)31)28(37-4)26(21)35/h7-8,10-11,30-31,33,35H,5-6,9H2,1-4H3/t10-,11-/m0/s1. The summed E-state index contributed by atoms with van der Waals surface area (Å²) in [5.74, 6) is -0.549. The number of ether oxygens (including phenoxy) is 4. The predicted molar refractivity (Wildman–Crippen MR) is 145 cm³/mol. The van der Waals surface area contributed by atoms with Crippen LogP contribution in [0.3, 0.4) is 0 Å². The predicted octanol–water partition coefficient (Wildman–Crippen LogP) is 2.90. The minimum absolute atomic E-state index is 0.00464. The summed E-state index contributed by atoms with van der Waals surface area (Å²) in [5.41, 5.74) is -0.283. The number of phenols is 2. The highest BCUT2D eigenvalue weighted by Crippen LogP contribution is 2.55. The summed E-state index contributed by atoms with van der Waals surface area (Å²) >= 11 is 0. The maximum atomic E-state index is 13.8. The van der Waals surface area contributed by atoms with E-state index >= 15 is 0 Å². The van der Waals surface area contributed by atoms with Crippen LogP contribution >= 0.6 is 0 Å². The van der Waals surface area contributed by atoms with Crippen molar-refractivity contribution in [3.63, 3.8) is 0 Å². The lowest BCUT2D eigenvalue weighted by atomic mass is 9.82. The van der Waals surface area contributed by atoms with Gasteiger partial charge < -0.3 is 39.4 Å². The van der Waals surface area contributed by atoms with Crippen LogP contribution in [0, 0.1) is 0 Å². The van der Waals surface area contributed by atoms with Crippen molar-refractivity contribution < 1.29 is 39.4 Å². The molecule has 10 heteroatoms. The molecule has 202 valence electrons. The van der Waals surface area contributed by atoms with Crippen LogP contribution in [-0.4, -0.2) is 53.6 Å². The number of aliphatic hydroxyl groups is 2. The number of fused-ring (bicyclic) bond motifs is 1. The van der Waals surface area contributed by atoms with E-state index in [4.69, 9.17) is 18.9 Å². The Morgan fingerprint density at radius 3 is 2.03 bits per heavy atom. The van der Waals surface area contributed by atoms with Gasteiger partial charge in [-0.2, -0.15) is 0 Å². The Hall–Kier alpha value is -4.28. The van der Waals surface area contributed by atoms with Gasteiger partial charge in [0.1, 0.15) is 5.75 Å². The average Bonchev–Trinajstić information content (AvgIpc) is 3.06.